The van der Waals surface area contributed by atoms with Crippen LogP contribution in [-0.2, 0) is 0 Å². The van der Waals surface area contributed by atoms with Crippen LogP contribution in [-0.4, -0.2) is 7.11 Å². The Morgan fingerprint density at radius 1 is 1.43 bits per heavy atom. The standard InChI is InChI=1S/C11H12N2O/c1-8(7-12)11(13)9-5-3-4-6-10(9)14-2/h3-6H,13H2,1-2H3/b11-8+. The number of hydrogen-bond donors (Lipinski definition) is 1. The van der Waals surface area contributed by atoms with Gasteiger partial charge in [-0.25, -0.2) is 0 Å². The number of nitrogens with zero attached hydrogens (tertiary/aromatic N) is 1. The van der Waals surface area contributed by atoms with Crippen molar-refractivity contribution in [2.75, 3.05) is 7.11 Å². The second-order valence-corrected chi connectivity index (χ2v) is 2.85. The molecule has 0 aliphatic carbocycles. The normalized spacial score (nSPS) is 11.5. The zero-order valence-electron chi connectivity index (χ0n) is 8.24. The molecular weight excluding hydrogens is 176 g/mol. The molecule has 0 amide bonds. The Balaban J connectivity index is 3.27. The number of allylic oxidation sites excluding steroid dienone is 1. The average Bonchev–Trinajstić information content (AvgIpc) is 2.26. The van der Waals surface area contributed by atoms with Gasteiger partial charge < -0.3 is 10.5 Å². The van der Waals surface area contributed by atoms with E-state index >= 15 is 0 Å². The molecule has 0 radical (unpaired) electrons. The summed E-state index contributed by atoms with van der Waals surface area (Å²) in [4.78, 5) is 0. The maximum atomic E-state index is 8.70. The van der Waals surface area contributed by atoms with Gasteiger partial charge in [0.15, 0.2) is 0 Å². The Morgan fingerprint density at radius 3 is 2.64 bits per heavy atom. The lowest BCUT2D eigenvalue weighted by Crippen LogP contribution is -2.01. The summed E-state index contributed by atoms with van der Waals surface area (Å²) in [6, 6.07) is 9.37. The first-order chi connectivity index (χ1) is 6.70. The van der Waals surface area contributed by atoms with E-state index in [-0.39, 0.29) is 0 Å². The fourth-order valence-electron chi connectivity index (χ4n) is 1.13. The Hall–Kier alpha value is -1.95. The van der Waals surface area contributed by atoms with E-state index in [1.165, 1.54) is 0 Å². The SMILES string of the molecule is COc1ccccc1/C(N)=C(/C)C#N. The van der Waals surface area contributed by atoms with Crippen LogP contribution in [0.1, 0.15) is 12.5 Å². The predicted octanol–water partition coefficient (Wildman–Crippen LogP) is 1.91. The van der Waals surface area contributed by atoms with Crippen LogP contribution in [0.4, 0.5) is 0 Å². The van der Waals surface area contributed by atoms with Crippen LogP contribution in [0, 0.1) is 11.3 Å². The molecule has 0 aliphatic heterocycles. The second kappa shape index (κ2) is 4.33. The van der Waals surface area contributed by atoms with E-state index < -0.39 is 0 Å². The number of nitrogens with two attached hydrogens (primary N) is 1. The molecule has 72 valence electrons. The minimum atomic E-state index is 0.463. The van der Waals surface area contributed by atoms with Crippen LogP contribution in [0.2, 0.25) is 0 Å². The molecule has 0 atom stereocenters. The van der Waals surface area contributed by atoms with Crippen LogP contribution in [0.3, 0.4) is 0 Å². The van der Waals surface area contributed by atoms with Gasteiger partial charge in [0.25, 0.3) is 0 Å². The molecule has 3 heteroatoms. The molecule has 1 aromatic carbocycles. The lowest BCUT2D eigenvalue weighted by Gasteiger charge is -2.08. The highest BCUT2D eigenvalue weighted by molar-refractivity contribution is 5.72. The third-order valence-corrected chi connectivity index (χ3v) is 1.97. The summed E-state index contributed by atoms with van der Waals surface area (Å²) in [6.07, 6.45) is 0. The van der Waals surface area contributed by atoms with Crippen molar-refractivity contribution in [1.82, 2.24) is 0 Å². The molecule has 0 aromatic heterocycles. The lowest BCUT2D eigenvalue weighted by molar-refractivity contribution is 0.413. The fourth-order valence-corrected chi connectivity index (χ4v) is 1.13. The maximum absolute atomic E-state index is 8.70. The number of hydrogen-bond acceptors (Lipinski definition) is 3. The van der Waals surface area contributed by atoms with E-state index in [2.05, 4.69) is 0 Å². The van der Waals surface area contributed by atoms with Crippen molar-refractivity contribution in [1.29, 1.82) is 5.26 Å². The number of ether oxygens (including phenoxy) is 1. The topological polar surface area (TPSA) is 59.0 Å². The van der Waals surface area contributed by atoms with Crippen LogP contribution in [0.5, 0.6) is 5.75 Å². The van der Waals surface area contributed by atoms with Gasteiger partial charge in [0.1, 0.15) is 5.75 Å². The van der Waals surface area contributed by atoms with Crippen molar-refractivity contribution in [3.63, 3.8) is 0 Å². The third-order valence-electron chi connectivity index (χ3n) is 1.97. The molecule has 0 saturated carbocycles. The summed E-state index contributed by atoms with van der Waals surface area (Å²) < 4.78 is 5.14. The summed E-state index contributed by atoms with van der Waals surface area (Å²) in [7, 11) is 1.58. The van der Waals surface area contributed by atoms with Crippen LogP contribution < -0.4 is 10.5 Å². The van der Waals surface area contributed by atoms with Gasteiger partial charge in [-0.3, -0.25) is 0 Å². The van der Waals surface area contributed by atoms with Crippen molar-refractivity contribution in [2.45, 2.75) is 6.92 Å². The first-order valence-electron chi connectivity index (χ1n) is 4.20. The van der Waals surface area contributed by atoms with Crippen molar-refractivity contribution in [2.24, 2.45) is 5.73 Å². The highest BCUT2D eigenvalue weighted by atomic mass is 16.5. The summed E-state index contributed by atoms with van der Waals surface area (Å²) in [5.41, 5.74) is 7.52. The van der Waals surface area contributed by atoms with Gasteiger partial charge in [0, 0.05) is 5.56 Å². The van der Waals surface area contributed by atoms with Gasteiger partial charge in [-0.15, -0.1) is 0 Å². The van der Waals surface area contributed by atoms with E-state index in [0.717, 1.165) is 5.56 Å². The Bertz CT molecular complexity index is 402. The summed E-state index contributed by atoms with van der Waals surface area (Å²) in [6.45, 7) is 1.68. The molecule has 0 spiro atoms. The average molecular weight is 188 g/mol. The Morgan fingerprint density at radius 2 is 2.07 bits per heavy atom. The molecule has 0 aliphatic rings. The molecular formula is C11H12N2O. The van der Waals surface area contributed by atoms with Gasteiger partial charge in [-0.05, 0) is 19.1 Å². The summed E-state index contributed by atoms with van der Waals surface area (Å²) in [5.74, 6) is 0.680. The van der Waals surface area contributed by atoms with E-state index in [1.54, 1.807) is 14.0 Å². The van der Waals surface area contributed by atoms with E-state index in [0.29, 0.717) is 17.0 Å². The molecule has 0 unspecified atom stereocenters. The fraction of sp³-hybridized carbons (Fsp3) is 0.182. The minimum Gasteiger partial charge on any atom is -0.496 e. The number of benzene rings is 1. The van der Waals surface area contributed by atoms with Gasteiger partial charge in [0.2, 0.25) is 0 Å². The zero-order chi connectivity index (χ0) is 10.6. The van der Waals surface area contributed by atoms with Crippen LogP contribution in [0.15, 0.2) is 29.8 Å². The molecule has 2 N–H and O–H groups in total. The second-order valence-electron chi connectivity index (χ2n) is 2.85. The number of para-hydroxylation sites is 1. The van der Waals surface area contributed by atoms with Gasteiger partial charge >= 0.3 is 0 Å². The van der Waals surface area contributed by atoms with Crippen molar-refractivity contribution >= 4 is 5.70 Å². The number of nitriles is 1. The smallest absolute Gasteiger partial charge is 0.128 e. The van der Waals surface area contributed by atoms with Gasteiger partial charge in [-0.2, -0.15) is 5.26 Å². The molecule has 0 heterocycles. The zero-order valence-corrected chi connectivity index (χ0v) is 8.24. The quantitative estimate of drug-likeness (QED) is 0.721. The highest BCUT2D eigenvalue weighted by Gasteiger charge is 2.06. The number of methoxy groups -OCH3 is 1. The minimum absolute atomic E-state index is 0.463. The van der Waals surface area contributed by atoms with Crippen molar-refractivity contribution in [3.05, 3.63) is 35.4 Å². The van der Waals surface area contributed by atoms with Crippen LogP contribution in [0.25, 0.3) is 5.70 Å². The summed E-state index contributed by atoms with van der Waals surface area (Å²) >= 11 is 0. The molecule has 0 saturated heterocycles. The Kier molecular flexibility index (Phi) is 3.14. The highest BCUT2D eigenvalue weighted by Crippen LogP contribution is 2.24. The maximum Gasteiger partial charge on any atom is 0.128 e. The molecule has 3 nitrogen and oxygen atoms in total. The predicted molar refractivity (Wildman–Crippen MR) is 55.4 cm³/mol. The van der Waals surface area contributed by atoms with Crippen molar-refractivity contribution in [3.8, 4) is 11.8 Å². The van der Waals surface area contributed by atoms with E-state index in [9.17, 15) is 0 Å². The monoisotopic (exact) mass is 188 g/mol. The molecule has 14 heavy (non-hydrogen) atoms. The molecule has 0 bridgehead atoms. The van der Waals surface area contributed by atoms with E-state index in [4.69, 9.17) is 15.7 Å². The largest absolute Gasteiger partial charge is 0.496 e. The summed E-state index contributed by atoms with van der Waals surface area (Å²) in [5, 5.41) is 8.70. The molecule has 1 rings (SSSR count). The molecule has 0 fully saturated rings. The van der Waals surface area contributed by atoms with Crippen LogP contribution >= 0.6 is 0 Å². The first-order valence-corrected chi connectivity index (χ1v) is 4.20. The Labute approximate surface area is 83.4 Å². The van der Waals surface area contributed by atoms with Gasteiger partial charge in [-0.1, -0.05) is 12.1 Å². The lowest BCUT2D eigenvalue weighted by atomic mass is 10.1. The van der Waals surface area contributed by atoms with Gasteiger partial charge in [0.05, 0.1) is 24.4 Å². The van der Waals surface area contributed by atoms with Crippen molar-refractivity contribution < 1.29 is 4.74 Å². The van der Waals surface area contributed by atoms with E-state index in [1.807, 2.05) is 30.3 Å². The number of rotatable bonds is 2. The first kappa shape index (κ1) is 10.1. The third kappa shape index (κ3) is 1.86. The molecule has 1 aromatic rings.